The number of ether oxygens (including phenoxy) is 3. The molecule has 0 aliphatic heterocycles. The van der Waals surface area contributed by atoms with Crippen molar-refractivity contribution in [3.8, 4) is 0 Å². The van der Waals surface area contributed by atoms with Gasteiger partial charge >= 0.3 is 5.97 Å². The topological polar surface area (TPSA) is 88.6 Å². The summed E-state index contributed by atoms with van der Waals surface area (Å²) < 4.78 is 16.9. The third kappa shape index (κ3) is 4.22. The van der Waals surface area contributed by atoms with E-state index in [0.29, 0.717) is 44.6 Å². The van der Waals surface area contributed by atoms with Gasteiger partial charge in [0.1, 0.15) is 11.6 Å². The van der Waals surface area contributed by atoms with E-state index in [1.165, 1.54) is 0 Å². The standard InChI is InChI=1S/C12H21N3O4/c1-4-19-12(16)10-11(13)15(9(2)14-10)5-6-18-8-7-17-3/h4-8,13H2,1-3H3. The number of hydrogen-bond acceptors (Lipinski definition) is 6. The molecule has 1 rings (SSSR count). The lowest BCUT2D eigenvalue weighted by Gasteiger charge is -2.08. The molecule has 0 aliphatic carbocycles. The average Bonchev–Trinajstić information content (AvgIpc) is 2.66. The molecule has 0 saturated carbocycles. The van der Waals surface area contributed by atoms with Crippen molar-refractivity contribution in [2.75, 3.05) is 39.3 Å². The van der Waals surface area contributed by atoms with Crippen LogP contribution in [0.5, 0.6) is 0 Å². The molecule has 19 heavy (non-hydrogen) atoms. The molecule has 0 atom stereocenters. The predicted octanol–water partition coefficient (Wildman–Crippen LogP) is 0.613. The summed E-state index contributed by atoms with van der Waals surface area (Å²) in [6.45, 7) is 5.91. The fourth-order valence-electron chi connectivity index (χ4n) is 1.61. The molecule has 2 N–H and O–H groups in total. The van der Waals surface area contributed by atoms with Crippen molar-refractivity contribution in [2.45, 2.75) is 20.4 Å². The number of methoxy groups -OCH3 is 1. The first-order chi connectivity index (χ1) is 9.11. The number of imidazole rings is 1. The summed E-state index contributed by atoms with van der Waals surface area (Å²) in [5, 5.41) is 0. The van der Waals surface area contributed by atoms with Crippen molar-refractivity contribution in [3.05, 3.63) is 11.5 Å². The van der Waals surface area contributed by atoms with E-state index in [1.54, 1.807) is 25.5 Å². The maximum absolute atomic E-state index is 11.6. The van der Waals surface area contributed by atoms with E-state index in [9.17, 15) is 4.79 Å². The lowest BCUT2D eigenvalue weighted by Crippen LogP contribution is -2.13. The summed E-state index contributed by atoms with van der Waals surface area (Å²) in [5.74, 6) is 0.476. The van der Waals surface area contributed by atoms with Crippen molar-refractivity contribution >= 4 is 11.8 Å². The molecule has 1 heterocycles. The fraction of sp³-hybridized carbons (Fsp3) is 0.667. The van der Waals surface area contributed by atoms with Crippen molar-refractivity contribution in [1.82, 2.24) is 9.55 Å². The fourth-order valence-corrected chi connectivity index (χ4v) is 1.61. The number of esters is 1. The van der Waals surface area contributed by atoms with Gasteiger partial charge in [-0.15, -0.1) is 0 Å². The minimum absolute atomic E-state index is 0.163. The number of rotatable bonds is 8. The highest BCUT2D eigenvalue weighted by atomic mass is 16.5. The van der Waals surface area contributed by atoms with Crippen LogP contribution in [-0.4, -0.2) is 49.1 Å². The summed E-state index contributed by atoms with van der Waals surface area (Å²) in [4.78, 5) is 15.7. The van der Waals surface area contributed by atoms with Gasteiger partial charge in [0.25, 0.3) is 0 Å². The van der Waals surface area contributed by atoms with E-state index >= 15 is 0 Å². The van der Waals surface area contributed by atoms with Gasteiger partial charge in [-0.1, -0.05) is 0 Å². The van der Waals surface area contributed by atoms with Gasteiger partial charge in [0.05, 0.1) is 26.4 Å². The number of nitrogens with two attached hydrogens (primary N) is 1. The van der Waals surface area contributed by atoms with Gasteiger partial charge in [0, 0.05) is 13.7 Å². The van der Waals surface area contributed by atoms with Gasteiger partial charge in [-0.05, 0) is 13.8 Å². The van der Waals surface area contributed by atoms with Crippen LogP contribution in [0.25, 0.3) is 0 Å². The molecule has 0 fully saturated rings. The molecule has 0 amide bonds. The molecule has 0 saturated heterocycles. The summed E-state index contributed by atoms with van der Waals surface area (Å²) >= 11 is 0. The average molecular weight is 271 g/mol. The van der Waals surface area contributed by atoms with Gasteiger partial charge in [0.2, 0.25) is 0 Å². The Bertz CT molecular complexity index is 417. The molecule has 108 valence electrons. The number of carbonyl (C=O) groups excluding carboxylic acids is 1. The predicted molar refractivity (Wildman–Crippen MR) is 70.0 cm³/mol. The van der Waals surface area contributed by atoms with Gasteiger partial charge in [-0.3, -0.25) is 0 Å². The third-order valence-electron chi connectivity index (χ3n) is 2.56. The maximum atomic E-state index is 11.6. The Morgan fingerprint density at radius 1 is 1.37 bits per heavy atom. The summed E-state index contributed by atoms with van der Waals surface area (Å²) in [6.07, 6.45) is 0. The molecular weight excluding hydrogens is 250 g/mol. The maximum Gasteiger partial charge on any atom is 0.360 e. The molecule has 0 spiro atoms. The Hall–Kier alpha value is -1.60. The number of nitrogen functional groups attached to an aromatic ring is 1. The lowest BCUT2D eigenvalue weighted by atomic mass is 10.4. The highest BCUT2D eigenvalue weighted by Crippen LogP contribution is 2.15. The zero-order valence-corrected chi connectivity index (χ0v) is 11.6. The number of anilines is 1. The zero-order valence-electron chi connectivity index (χ0n) is 11.6. The Labute approximate surface area is 112 Å². The molecule has 0 bridgehead atoms. The van der Waals surface area contributed by atoms with Crippen LogP contribution in [0.2, 0.25) is 0 Å². The van der Waals surface area contributed by atoms with Crippen LogP contribution in [0.1, 0.15) is 23.2 Å². The Morgan fingerprint density at radius 3 is 2.74 bits per heavy atom. The van der Waals surface area contributed by atoms with Crippen LogP contribution in [0.15, 0.2) is 0 Å². The summed E-state index contributed by atoms with van der Waals surface area (Å²) in [7, 11) is 1.62. The minimum atomic E-state index is -0.498. The molecule has 0 aliphatic rings. The van der Waals surface area contributed by atoms with Crippen LogP contribution in [0.3, 0.4) is 0 Å². The largest absolute Gasteiger partial charge is 0.461 e. The van der Waals surface area contributed by atoms with Gasteiger partial charge in [-0.2, -0.15) is 0 Å². The van der Waals surface area contributed by atoms with Crippen molar-refractivity contribution in [1.29, 1.82) is 0 Å². The smallest absolute Gasteiger partial charge is 0.360 e. The Morgan fingerprint density at radius 2 is 2.11 bits per heavy atom. The highest BCUT2D eigenvalue weighted by molar-refractivity contribution is 5.92. The number of aryl methyl sites for hydroxylation is 1. The second kappa shape index (κ2) is 7.75. The molecule has 0 aromatic carbocycles. The highest BCUT2D eigenvalue weighted by Gasteiger charge is 2.19. The van der Waals surface area contributed by atoms with Gasteiger partial charge < -0.3 is 24.5 Å². The molecule has 1 aromatic heterocycles. The van der Waals surface area contributed by atoms with E-state index < -0.39 is 5.97 Å². The van der Waals surface area contributed by atoms with Crippen LogP contribution in [0, 0.1) is 6.92 Å². The summed E-state index contributed by atoms with van der Waals surface area (Å²) in [5.41, 5.74) is 6.06. The van der Waals surface area contributed by atoms with Crippen LogP contribution in [0.4, 0.5) is 5.82 Å². The lowest BCUT2D eigenvalue weighted by molar-refractivity contribution is 0.0521. The van der Waals surface area contributed by atoms with Crippen LogP contribution >= 0.6 is 0 Å². The van der Waals surface area contributed by atoms with E-state index in [2.05, 4.69) is 4.98 Å². The molecule has 7 nitrogen and oxygen atoms in total. The van der Waals surface area contributed by atoms with Gasteiger partial charge in [-0.25, -0.2) is 9.78 Å². The number of nitrogens with zero attached hydrogens (tertiary/aromatic N) is 2. The number of aromatic nitrogens is 2. The van der Waals surface area contributed by atoms with Crippen LogP contribution in [-0.2, 0) is 20.8 Å². The number of hydrogen-bond donors (Lipinski definition) is 1. The first kappa shape index (κ1) is 15.5. The quantitative estimate of drug-likeness (QED) is 0.550. The van der Waals surface area contributed by atoms with E-state index in [-0.39, 0.29) is 5.69 Å². The van der Waals surface area contributed by atoms with Crippen molar-refractivity contribution < 1.29 is 19.0 Å². The van der Waals surface area contributed by atoms with E-state index in [0.717, 1.165) is 0 Å². The second-order valence-electron chi connectivity index (χ2n) is 3.87. The van der Waals surface area contributed by atoms with Crippen molar-refractivity contribution in [2.24, 2.45) is 0 Å². The SMILES string of the molecule is CCOC(=O)c1nc(C)n(CCOCCOC)c1N. The minimum Gasteiger partial charge on any atom is -0.461 e. The monoisotopic (exact) mass is 271 g/mol. The molecule has 7 heteroatoms. The van der Waals surface area contributed by atoms with E-state index in [4.69, 9.17) is 19.9 Å². The first-order valence-corrected chi connectivity index (χ1v) is 6.18. The number of carbonyl (C=O) groups is 1. The second-order valence-corrected chi connectivity index (χ2v) is 3.87. The zero-order chi connectivity index (χ0) is 14.3. The molecule has 0 unspecified atom stereocenters. The Kier molecular flexibility index (Phi) is 6.31. The van der Waals surface area contributed by atoms with Crippen LogP contribution < -0.4 is 5.73 Å². The third-order valence-corrected chi connectivity index (χ3v) is 2.56. The normalized spacial score (nSPS) is 10.7. The van der Waals surface area contributed by atoms with E-state index in [1.807, 2.05) is 0 Å². The molecule has 0 radical (unpaired) electrons. The molecule has 1 aromatic rings. The molecular formula is C12H21N3O4. The first-order valence-electron chi connectivity index (χ1n) is 6.18. The Balaban J connectivity index is 2.61. The van der Waals surface area contributed by atoms with Gasteiger partial charge in [0.15, 0.2) is 5.69 Å². The summed E-state index contributed by atoms with van der Waals surface area (Å²) in [6, 6.07) is 0. The van der Waals surface area contributed by atoms with Crippen molar-refractivity contribution in [3.63, 3.8) is 0 Å².